The highest BCUT2D eigenvalue weighted by atomic mass is 32.1. The summed E-state index contributed by atoms with van der Waals surface area (Å²) >= 11 is 0.481. The third kappa shape index (κ3) is 7.84. The maximum Gasteiger partial charge on any atom is 0.435 e. The number of carbonyl (C=O) groups excluding carboxylic acids is 5. The Kier molecular flexibility index (Phi) is 10.7. The van der Waals surface area contributed by atoms with Gasteiger partial charge < -0.3 is 30.0 Å². The molecule has 2 atom stereocenters. The number of benzene rings is 1. The molecule has 0 spiro atoms. The van der Waals surface area contributed by atoms with Gasteiger partial charge in [-0.05, 0) is 58.2 Å². The number of carbonyl (C=O) groups is 5. The molecule has 1 fully saturated rings. The monoisotopic (exact) mass is 665 g/mol. The van der Waals surface area contributed by atoms with Gasteiger partial charge in [-0.2, -0.15) is 13.2 Å². The fraction of sp³-hybridized carbons (Fsp3) is 0.467. The van der Waals surface area contributed by atoms with Gasteiger partial charge in [-0.25, -0.2) is 9.78 Å². The summed E-state index contributed by atoms with van der Waals surface area (Å²) in [7, 11) is 1.50. The second kappa shape index (κ2) is 14.3. The maximum atomic E-state index is 13.6. The zero-order chi connectivity index (χ0) is 33.8. The molecule has 2 aromatic heterocycles. The van der Waals surface area contributed by atoms with Gasteiger partial charge in [-0.1, -0.05) is 6.07 Å². The highest BCUT2D eigenvalue weighted by molar-refractivity contribution is 7.13. The number of ketones is 1. The number of aryl methyl sites for hydroxylation is 1. The van der Waals surface area contributed by atoms with E-state index in [9.17, 15) is 37.1 Å². The third-order valence-electron chi connectivity index (χ3n) is 7.48. The number of aromatic amines is 1. The molecule has 1 aliphatic heterocycles. The Morgan fingerprint density at radius 2 is 1.96 bits per heavy atom. The number of esters is 1. The molecule has 12 nitrogen and oxygen atoms in total. The summed E-state index contributed by atoms with van der Waals surface area (Å²) in [6.45, 7) is 3.55. The Morgan fingerprint density at radius 3 is 2.61 bits per heavy atom. The molecule has 3 heterocycles. The molecule has 3 aromatic rings. The van der Waals surface area contributed by atoms with Gasteiger partial charge >= 0.3 is 12.1 Å². The van der Waals surface area contributed by atoms with E-state index in [1.807, 2.05) is 0 Å². The Hall–Kier alpha value is -4.47. The van der Waals surface area contributed by atoms with Gasteiger partial charge in [-0.15, -0.1) is 11.3 Å². The Morgan fingerprint density at radius 1 is 1.22 bits per heavy atom. The fourth-order valence-corrected chi connectivity index (χ4v) is 6.21. The van der Waals surface area contributed by atoms with E-state index in [1.54, 1.807) is 38.1 Å². The zero-order valence-corrected chi connectivity index (χ0v) is 26.4. The zero-order valence-electron chi connectivity index (χ0n) is 25.6. The number of amides is 3. The average Bonchev–Trinajstić information content (AvgIpc) is 3.63. The lowest BCUT2D eigenvalue weighted by molar-refractivity contribution is -0.144. The molecule has 248 valence electrons. The molecule has 4 rings (SSSR count). The summed E-state index contributed by atoms with van der Waals surface area (Å²) in [6, 6.07) is 4.91. The average molecular weight is 666 g/mol. The number of nitrogens with zero attached hydrogens (tertiary/aromatic N) is 2. The third-order valence-corrected chi connectivity index (χ3v) is 8.43. The fourth-order valence-electron chi connectivity index (χ4n) is 5.38. The standard InChI is InChI=1S/C30H34F3N5O7S/c1-15(2)38(24(40)13-35-28(42)20-12-18-19(37-20)8-5-9-23(18)44-4)21(11-17-7-6-10-34-27(17)41)22(39)14-45-29(43)25-26(30(31,32)33)36-16(3)46-25/h5,8-9,12,15,17,21,37H,6-7,10-11,13-14H2,1-4H3,(H,34,41)(H,35,42)/t17-,21-/m0/s1. The lowest BCUT2D eigenvalue weighted by Crippen LogP contribution is -2.54. The van der Waals surface area contributed by atoms with Crippen molar-refractivity contribution in [2.75, 3.05) is 26.8 Å². The number of ether oxygens (including phenoxy) is 2. The first-order valence-corrected chi connectivity index (χ1v) is 15.3. The van der Waals surface area contributed by atoms with Gasteiger partial charge in [0.15, 0.2) is 18.1 Å². The maximum absolute atomic E-state index is 13.6. The topological polar surface area (TPSA) is 160 Å². The summed E-state index contributed by atoms with van der Waals surface area (Å²) in [4.78, 5) is 72.1. The van der Waals surface area contributed by atoms with Crippen molar-refractivity contribution in [2.24, 2.45) is 5.92 Å². The van der Waals surface area contributed by atoms with Crippen molar-refractivity contribution >= 4 is 51.7 Å². The normalized spacial score (nSPS) is 15.7. The van der Waals surface area contributed by atoms with Crippen molar-refractivity contribution in [1.82, 2.24) is 25.5 Å². The number of aromatic nitrogens is 2. The molecular formula is C30H34F3N5O7S. The van der Waals surface area contributed by atoms with Crippen LogP contribution in [-0.4, -0.2) is 83.2 Å². The molecule has 3 N–H and O–H groups in total. The van der Waals surface area contributed by atoms with E-state index in [0.717, 1.165) is 0 Å². The van der Waals surface area contributed by atoms with Crippen LogP contribution >= 0.6 is 11.3 Å². The number of piperidine rings is 1. The number of methoxy groups -OCH3 is 1. The van der Waals surface area contributed by atoms with Gasteiger partial charge in [0.2, 0.25) is 11.8 Å². The van der Waals surface area contributed by atoms with E-state index in [-0.39, 0.29) is 23.0 Å². The van der Waals surface area contributed by atoms with Gasteiger partial charge in [-0.3, -0.25) is 19.2 Å². The van der Waals surface area contributed by atoms with Crippen LogP contribution in [0.15, 0.2) is 24.3 Å². The van der Waals surface area contributed by atoms with E-state index < -0.39 is 71.5 Å². The van der Waals surface area contributed by atoms with Crippen LogP contribution in [-0.2, 0) is 25.3 Å². The van der Waals surface area contributed by atoms with E-state index in [1.165, 1.54) is 18.9 Å². The summed E-state index contributed by atoms with van der Waals surface area (Å²) in [5.41, 5.74) is -0.606. The van der Waals surface area contributed by atoms with Crippen molar-refractivity contribution in [1.29, 1.82) is 0 Å². The number of nitrogens with one attached hydrogen (secondary N) is 3. The van der Waals surface area contributed by atoms with Crippen LogP contribution in [0.4, 0.5) is 13.2 Å². The van der Waals surface area contributed by atoms with Crippen LogP contribution in [0.25, 0.3) is 10.9 Å². The Balaban J connectivity index is 1.52. The minimum Gasteiger partial charge on any atom is -0.496 e. The van der Waals surface area contributed by atoms with E-state index >= 15 is 0 Å². The van der Waals surface area contributed by atoms with Gasteiger partial charge in [0, 0.05) is 29.4 Å². The smallest absolute Gasteiger partial charge is 0.435 e. The second-order valence-electron chi connectivity index (χ2n) is 11.0. The molecule has 3 amide bonds. The van der Waals surface area contributed by atoms with Crippen LogP contribution in [0.2, 0.25) is 0 Å². The molecule has 1 saturated heterocycles. The number of hydrogen-bond donors (Lipinski definition) is 3. The van der Waals surface area contributed by atoms with Crippen LogP contribution in [0, 0.1) is 12.8 Å². The molecule has 0 bridgehead atoms. The first kappa shape index (κ1) is 34.4. The quantitative estimate of drug-likeness (QED) is 0.247. The summed E-state index contributed by atoms with van der Waals surface area (Å²) in [6.07, 6.45) is -3.96. The first-order chi connectivity index (χ1) is 21.7. The molecule has 46 heavy (non-hydrogen) atoms. The molecule has 0 radical (unpaired) electrons. The van der Waals surface area contributed by atoms with Crippen LogP contribution in [0.3, 0.4) is 0 Å². The van der Waals surface area contributed by atoms with Gasteiger partial charge in [0.05, 0.1) is 24.7 Å². The molecule has 16 heteroatoms. The SMILES string of the molecule is COc1cccc2[nH]c(C(=O)NCC(=O)N(C(C)C)[C@@H](C[C@@H]3CCCNC3=O)C(=O)COC(=O)c3sc(C)nc3C(F)(F)F)cc12. The lowest BCUT2D eigenvalue weighted by Gasteiger charge is -2.36. The number of halogens is 3. The summed E-state index contributed by atoms with van der Waals surface area (Å²) < 4.78 is 50.5. The van der Waals surface area contributed by atoms with Crippen LogP contribution in [0.1, 0.15) is 64.0 Å². The number of H-pyrrole nitrogens is 1. The molecule has 1 aliphatic rings. The molecular weight excluding hydrogens is 631 g/mol. The first-order valence-electron chi connectivity index (χ1n) is 14.5. The Bertz CT molecular complexity index is 1630. The highest BCUT2D eigenvalue weighted by Crippen LogP contribution is 2.34. The van der Waals surface area contributed by atoms with Crippen molar-refractivity contribution in [3.05, 3.63) is 45.5 Å². The van der Waals surface area contributed by atoms with Crippen molar-refractivity contribution < 1.29 is 46.6 Å². The highest BCUT2D eigenvalue weighted by Gasteiger charge is 2.41. The van der Waals surface area contributed by atoms with Crippen LogP contribution in [0.5, 0.6) is 5.75 Å². The van der Waals surface area contributed by atoms with Crippen molar-refractivity contribution in [3.63, 3.8) is 0 Å². The molecule has 0 unspecified atom stereocenters. The second-order valence-corrected chi connectivity index (χ2v) is 12.2. The van der Waals surface area contributed by atoms with Gasteiger partial charge in [0.1, 0.15) is 16.3 Å². The predicted octanol–water partition coefficient (Wildman–Crippen LogP) is 3.64. The summed E-state index contributed by atoms with van der Waals surface area (Å²) in [5.74, 6) is -3.85. The minimum absolute atomic E-state index is 0.0167. The lowest BCUT2D eigenvalue weighted by atomic mass is 9.89. The van der Waals surface area contributed by atoms with Gasteiger partial charge in [0.25, 0.3) is 5.91 Å². The van der Waals surface area contributed by atoms with E-state index in [4.69, 9.17) is 9.47 Å². The molecule has 1 aromatic carbocycles. The Labute approximate surface area is 266 Å². The minimum atomic E-state index is -4.91. The van der Waals surface area contributed by atoms with E-state index in [0.29, 0.717) is 47.4 Å². The number of thiazole rings is 1. The summed E-state index contributed by atoms with van der Waals surface area (Å²) in [5, 5.41) is 5.91. The largest absolute Gasteiger partial charge is 0.496 e. The number of fused-ring (bicyclic) bond motifs is 1. The number of Topliss-reactive ketones (excluding diaryl/α,β-unsaturated/α-hetero) is 1. The molecule has 0 saturated carbocycles. The molecule has 0 aliphatic carbocycles. The number of rotatable bonds is 12. The van der Waals surface area contributed by atoms with Crippen molar-refractivity contribution in [2.45, 2.75) is 58.3 Å². The number of hydrogen-bond acceptors (Lipinski definition) is 9. The van der Waals surface area contributed by atoms with E-state index in [2.05, 4.69) is 20.6 Å². The van der Waals surface area contributed by atoms with Crippen LogP contribution < -0.4 is 15.4 Å². The van der Waals surface area contributed by atoms with Crippen molar-refractivity contribution in [3.8, 4) is 5.75 Å². The predicted molar refractivity (Wildman–Crippen MR) is 160 cm³/mol. The number of alkyl halides is 3.